The first kappa shape index (κ1) is 30.7. The van der Waals surface area contributed by atoms with Gasteiger partial charge >= 0.3 is 0 Å². The van der Waals surface area contributed by atoms with Gasteiger partial charge in [-0.05, 0) is 81.7 Å². The summed E-state index contributed by atoms with van der Waals surface area (Å²) < 4.78 is 20.6. The van der Waals surface area contributed by atoms with Crippen LogP contribution in [-0.2, 0) is 15.0 Å². The van der Waals surface area contributed by atoms with Crippen molar-refractivity contribution >= 4 is 35.0 Å². The normalized spacial score (nSPS) is 24.2. The summed E-state index contributed by atoms with van der Waals surface area (Å²) in [5, 5.41) is 18.0. The smallest absolute Gasteiger partial charge is 0.262 e. The average Bonchev–Trinajstić information content (AvgIpc) is 3.80. The molecule has 2 aromatic carbocycles. The third-order valence-corrected chi connectivity index (χ3v) is 10.7. The number of aryl methyl sites for hydroxylation is 1. The highest BCUT2D eigenvalue weighted by Crippen LogP contribution is 2.48. The summed E-state index contributed by atoms with van der Waals surface area (Å²) >= 11 is 0. The molecule has 3 fully saturated rings. The number of imide groups is 2. The van der Waals surface area contributed by atoms with Crippen molar-refractivity contribution in [3.63, 3.8) is 0 Å². The van der Waals surface area contributed by atoms with E-state index in [1.165, 1.54) is 6.07 Å². The van der Waals surface area contributed by atoms with E-state index < -0.39 is 35.5 Å². The van der Waals surface area contributed by atoms with Crippen LogP contribution in [-0.4, -0.2) is 58.4 Å². The Morgan fingerprint density at radius 3 is 2.36 bits per heavy atom. The van der Waals surface area contributed by atoms with Crippen molar-refractivity contribution in [2.45, 2.75) is 88.8 Å². The van der Waals surface area contributed by atoms with Crippen molar-refractivity contribution < 1.29 is 28.1 Å². The van der Waals surface area contributed by atoms with E-state index in [-0.39, 0.29) is 53.1 Å². The van der Waals surface area contributed by atoms with Gasteiger partial charge in [0.25, 0.3) is 11.8 Å². The number of nitrogens with one attached hydrogen (secondary N) is 3. The number of hydrogen-bond acceptors (Lipinski definition) is 8. The van der Waals surface area contributed by atoms with Crippen LogP contribution in [0.25, 0.3) is 0 Å². The molecule has 3 heterocycles. The lowest BCUT2D eigenvalue weighted by Crippen LogP contribution is -2.54. The highest BCUT2D eigenvalue weighted by atomic mass is 19.1. The van der Waals surface area contributed by atoms with Gasteiger partial charge in [0.2, 0.25) is 11.8 Å². The molecule has 3 atom stereocenters. The summed E-state index contributed by atoms with van der Waals surface area (Å²) in [7, 11) is 0. The quantitative estimate of drug-likeness (QED) is 0.265. The zero-order valence-electron chi connectivity index (χ0n) is 26.6. The number of hydrogen-bond donors (Lipinski definition) is 3. The summed E-state index contributed by atoms with van der Waals surface area (Å²) in [4.78, 5) is 53.5. The Hall–Kier alpha value is -4.92. The van der Waals surface area contributed by atoms with Crippen LogP contribution in [0.15, 0.2) is 40.9 Å². The highest BCUT2D eigenvalue weighted by molar-refractivity contribution is 6.23. The van der Waals surface area contributed by atoms with Gasteiger partial charge < -0.3 is 14.7 Å². The van der Waals surface area contributed by atoms with Crippen molar-refractivity contribution in [2.24, 2.45) is 5.92 Å². The first-order valence-corrected chi connectivity index (χ1v) is 16.2. The second-order valence-corrected chi connectivity index (χ2v) is 13.6. The average molecular weight is 641 g/mol. The van der Waals surface area contributed by atoms with Crippen molar-refractivity contribution in [3.8, 4) is 6.07 Å². The standard InChI is InChI=1S/C35H37FN6O5/c1-18(31-20(3)47-40-31)19(2)41(24-6-4-22(5-7-24)35(17-37)10-11-35)16-21-12-23(13-21)38-28-15-26-25(14-27(28)36)33(45)42(34(26)46)29-8-9-30(43)39-32(29)44/h4-7,14-15,18-19,21,23,29,38,40H,8-13,16H2,1-3H3,(H,39,43,44)/t18-,19+,21?,23?,29?/m0/s1. The molecule has 0 spiro atoms. The molecule has 7 rings (SSSR count). The van der Waals surface area contributed by atoms with Crippen molar-refractivity contribution in [3.05, 3.63) is 70.4 Å². The molecular formula is C35H37FN6O5. The van der Waals surface area contributed by atoms with E-state index >= 15 is 4.39 Å². The van der Waals surface area contributed by atoms with E-state index in [9.17, 15) is 24.4 Å². The van der Waals surface area contributed by atoms with Crippen LogP contribution >= 0.6 is 0 Å². The monoisotopic (exact) mass is 640 g/mol. The first-order valence-electron chi connectivity index (χ1n) is 16.2. The first-order chi connectivity index (χ1) is 22.5. The summed E-state index contributed by atoms with van der Waals surface area (Å²) in [6.45, 7) is 7.09. The van der Waals surface area contributed by atoms with Gasteiger partial charge in [0.1, 0.15) is 11.9 Å². The molecule has 0 radical (unpaired) electrons. The Balaban J connectivity index is 1.03. The molecule has 47 heavy (non-hydrogen) atoms. The zero-order valence-corrected chi connectivity index (χ0v) is 26.6. The Labute approximate surface area is 271 Å². The minimum absolute atomic E-state index is 0.0129. The number of nitrogens with zero attached hydrogens (tertiary/aromatic N) is 3. The van der Waals surface area contributed by atoms with E-state index in [1.54, 1.807) is 0 Å². The van der Waals surface area contributed by atoms with E-state index in [4.69, 9.17) is 4.52 Å². The van der Waals surface area contributed by atoms with E-state index in [0.717, 1.165) is 65.9 Å². The third kappa shape index (κ3) is 5.27. The van der Waals surface area contributed by atoms with Crippen molar-refractivity contribution in [1.29, 1.82) is 5.26 Å². The summed E-state index contributed by atoms with van der Waals surface area (Å²) in [5.74, 6) is -1.84. The molecule has 1 unspecified atom stereocenters. The molecule has 1 saturated heterocycles. The Morgan fingerprint density at radius 1 is 1.11 bits per heavy atom. The molecule has 2 aliphatic carbocycles. The maximum Gasteiger partial charge on any atom is 0.262 e. The minimum Gasteiger partial charge on any atom is -0.385 e. The number of nitriles is 1. The predicted octanol–water partition coefficient (Wildman–Crippen LogP) is 4.90. The van der Waals surface area contributed by atoms with Gasteiger partial charge in [-0.2, -0.15) is 5.26 Å². The van der Waals surface area contributed by atoms with Crippen LogP contribution in [0.1, 0.15) is 96.0 Å². The zero-order chi connectivity index (χ0) is 33.2. The van der Waals surface area contributed by atoms with Crippen LogP contribution in [0.2, 0.25) is 0 Å². The molecule has 3 aromatic rings. The van der Waals surface area contributed by atoms with E-state index in [2.05, 4.69) is 64.9 Å². The maximum atomic E-state index is 15.3. The van der Waals surface area contributed by atoms with Gasteiger partial charge in [0.15, 0.2) is 5.76 Å². The number of aromatic nitrogens is 1. The van der Waals surface area contributed by atoms with Crippen LogP contribution in [0.4, 0.5) is 15.8 Å². The molecule has 2 saturated carbocycles. The van der Waals surface area contributed by atoms with E-state index in [1.807, 2.05) is 6.92 Å². The molecule has 11 nitrogen and oxygen atoms in total. The number of amides is 4. The van der Waals surface area contributed by atoms with Crippen LogP contribution in [0.3, 0.4) is 0 Å². The van der Waals surface area contributed by atoms with E-state index in [0.29, 0.717) is 5.92 Å². The highest BCUT2D eigenvalue weighted by Gasteiger charge is 2.46. The van der Waals surface area contributed by atoms with Gasteiger partial charge in [-0.15, -0.1) is 0 Å². The second kappa shape index (κ2) is 11.4. The van der Waals surface area contributed by atoms with Gasteiger partial charge in [0.05, 0.1) is 34.0 Å². The third-order valence-electron chi connectivity index (χ3n) is 10.7. The van der Waals surface area contributed by atoms with Crippen molar-refractivity contribution in [2.75, 3.05) is 16.8 Å². The maximum absolute atomic E-state index is 15.3. The number of halogens is 1. The fraction of sp³-hybridized carbons (Fsp3) is 0.457. The molecular weight excluding hydrogens is 603 g/mol. The topological polar surface area (TPSA) is 152 Å². The number of H-pyrrole nitrogens is 1. The molecule has 2 aliphatic heterocycles. The summed E-state index contributed by atoms with van der Waals surface area (Å²) in [6.07, 6.45) is 3.39. The van der Waals surface area contributed by atoms with Gasteiger partial charge in [0, 0.05) is 36.7 Å². The summed E-state index contributed by atoms with van der Waals surface area (Å²) in [6, 6.07) is 12.2. The molecule has 1 aromatic heterocycles. The fourth-order valence-electron chi connectivity index (χ4n) is 7.31. The largest absolute Gasteiger partial charge is 0.385 e. The molecule has 244 valence electrons. The number of rotatable bonds is 10. The fourth-order valence-corrected chi connectivity index (χ4v) is 7.31. The molecule has 0 bridgehead atoms. The number of aromatic amines is 1. The number of carbonyl (C=O) groups excluding carboxylic acids is 4. The Kier molecular flexibility index (Phi) is 7.45. The van der Waals surface area contributed by atoms with Crippen LogP contribution in [0, 0.1) is 30.0 Å². The lowest BCUT2D eigenvalue weighted by Gasteiger charge is -2.43. The van der Waals surface area contributed by atoms with Gasteiger partial charge in [-0.3, -0.25) is 29.4 Å². The Bertz CT molecular complexity index is 1810. The second-order valence-electron chi connectivity index (χ2n) is 13.6. The Morgan fingerprint density at radius 2 is 1.79 bits per heavy atom. The molecule has 4 amide bonds. The molecule has 4 aliphatic rings. The van der Waals surface area contributed by atoms with Crippen LogP contribution < -0.4 is 15.5 Å². The van der Waals surface area contributed by atoms with Gasteiger partial charge in [-0.1, -0.05) is 19.1 Å². The lowest BCUT2D eigenvalue weighted by molar-refractivity contribution is -0.136. The van der Waals surface area contributed by atoms with Gasteiger partial charge in [-0.25, -0.2) is 9.55 Å². The molecule has 3 N–H and O–H groups in total. The predicted molar refractivity (Wildman–Crippen MR) is 169 cm³/mol. The summed E-state index contributed by atoms with van der Waals surface area (Å²) in [5.41, 5.74) is 2.95. The number of anilines is 2. The number of fused-ring (bicyclic) bond motifs is 1. The SMILES string of the molecule is Cc1o[nH]c1[C@@H](C)[C@@H](C)N(CC1CC(Nc2cc3c(cc2F)C(=O)N(C2CCC(=O)NC2=O)C3=O)C1)c1ccc(C2(C#N)CC2)cc1. The molecule has 12 heteroatoms. The number of piperidine rings is 1. The number of benzene rings is 2. The minimum atomic E-state index is -1.11. The van der Waals surface area contributed by atoms with Crippen molar-refractivity contribution in [1.82, 2.24) is 15.4 Å². The van der Waals surface area contributed by atoms with Crippen LogP contribution in [0.5, 0.6) is 0 Å². The lowest BCUT2D eigenvalue weighted by atomic mass is 9.79. The number of carbonyl (C=O) groups is 4.